The van der Waals surface area contributed by atoms with Crippen LogP contribution in [-0.2, 0) is 42.7 Å². The Hall–Kier alpha value is -3.98. The predicted molar refractivity (Wildman–Crippen MR) is 168 cm³/mol. The zero-order chi connectivity index (χ0) is 31.1. The molecule has 0 N–H and O–H groups in total. The minimum Gasteiger partial charge on any atom is -0.469 e. The largest absolute Gasteiger partial charge is 0.469 e. The molecule has 0 saturated carbocycles. The van der Waals surface area contributed by atoms with Crippen molar-refractivity contribution in [1.29, 1.82) is 0 Å². The average molecular weight is 603 g/mol. The Bertz CT molecular complexity index is 1680. The van der Waals surface area contributed by atoms with E-state index < -0.39 is 0 Å². The van der Waals surface area contributed by atoms with Crippen molar-refractivity contribution in [3.63, 3.8) is 0 Å². The van der Waals surface area contributed by atoms with Crippen LogP contribution in [0.15, 0.2) is 45.2 Å². The second-order valence-electron chi connectivity index (χ2n) is 12.8. The molecule has 0 bridgehead atoms. The van der Waals surface area contributed by atoms with Gasteiger partial charge < -0.3 is 18.3 Å². The fourth-order valence-electron chi connectivity index (χ4n) is 5.06. The molecule has 0 aliphatic carbocycles. The van der Waals surface area contributed by atoms with Crippen LogP contribution in [0, 0.1) is 0 Å². The van der Waals surface area contributed by atoms with E-state index in [9.17, 15) is 9.59 Å². The summed E-state index contributed by atoms with van der Waals surface area (Å²) in [6.07, 6.45) is 1.74. The molecule has 0 unspecified atom stereocenters. The highest BCUT2D eigenvalue weighted by Gasteiger charge is 2.25. The van der Waals surface area contributed by atoms with Crippen molar-refractivity contribution in [3.05, 3.63) is 58.7 Å². The normalized spacial score (nSPS) is 12.3. The summed E-state index contributed by atoms with van der Waals surface area (Å²) in [6.45, 7) is 12.8. The van der Waals surface area contributed by atoms with Crippen molar-refractivity contribution in [2.75, 3.05) is 14.2 Å². The lowest BCUT2D eigenvalue weighted by molar-refractivity contribution is -0.141. The number of benzene rings is 2. The van der Waals surface area contributed by atoms with Gasteiger partial charge in [0.2, 0.25) is 11.8 Å². The summed E-state index contributed by atoms with van der Waals surface area (Å²) >= 11 is 1.50. The summed E-state index contributed by atoms with van der Waals surface area (Å²) in [7, 11) is 2.81. The van der Waals surface area contributed by atoms with Crippen molar-refractivity contribution >= 4 is 45.5 Å². The van der Waals surface area contributed by atoms with E-state index >= 15 is 0 Å². The molecule has 9 heteroatoms. The van der Waals surface area contributed by atoms with E-state index in [2.05, 4.69) is 53.7 Å². The van der Waals surface area contributed by atoms with Crippen LogP contribution in [0.3, 0.4) is 0 Å². The maximum absolute atomic E-state index is 11.8. The number of ether oxygens (including phenoxy) is 2. The van der Waals surface area contributed by atoms with Gasteiger partial charge in [0.15, 0.2) is 11.2 Å². The molecule has 5 rings (SSSR count). The average Bonchev–Trinajstić information content (AvgIpc) is 3.70. The van der Waals surface area contributed by atoms with E-state index in [1.54, 1.807) is 0 Å². The lowest BCUT2D eigenvalue weighted by atomic mass is 9.85. The van der Waals surface area contributed by atoms with Crippen molar-refractivity contribution < 1.29 is 27.9 Å². The predicted octanol–water partition coefficient (Wildman–Crippen LogP) is 8.17. The molecule has 0 aliphatic rings. The smallest absolute Gasteiger partial charge is 0.305 e. The number of rotatable bonds is 8. The van der Waals surface area contributed by atoms with Crippen LogP contribution in [0.5, 0.6) is 0 Å². The quantitative estimate of drug-likeness (QED) is 0.164. The maximum atomic E-state index is 11.8. The molecule has 0 amide bonds. The zero-order valence-electron chi connectivity index (χ0n) is 26.0. The van der Waals surface area contributed by atoms with Crippen LogP contribution < -0.4 is 0 Å². The van der Waals surface area contributed by atoms with Gasteiger partial charge in [-0.15, -0.1) is 11.3 Å². The van der Waals surface area contributed by atoms with Gasteiger partial charge >= 0.3 is 11.9 Å². The molecule has 3 heterocycles. The molecule has 5 aromatic rings. The summed E-state index contributed by atoms with van der Waals surface area (Å²) in [4.78, 5) is 34.9. The topological polar surface area (TPSA) is 105 Å². The molecule has 2 aromatic carbocycles. The van der Waals surface area contributed by atoms with Gasteiger partial charge in [0.1, 0.15) is 11.0 Å². The molecular formula is C34H38N2O6S. The molecular weight excluding hydrogens is 564 g/mol. The number of methoxy groups -OCH3 is 2. The molecule has 0 saturated heterocycles. The minimum atomic E-state index is -0.240. The Balaban J connectivity index is 1.51. The second-order valence-corrected chi connectivity index (χ2v) is 13.9. The summed E-state index contributed by atoms with van der Waals surface area (Å²) in [6, 6.07) is 12.1. The zero-order valence-corrected chi connectivity index (χ0v) is 26.9. The SMILES string of the molecule is COC(=O)CCc1cc(C(C)(C)C)c2oc(-c3ccc(-c4nc5cc(CCC(=O)OC)cc(C(C)(C)C)c5o4)s3)nc2c1. The van der Waals surface area contributed by atoms with Crippen molar-refractivity contribution in [1.82, 2.24) is 9.97 Å². The van der Waals surface area contributed by atoms with Crippen LogP contribution in [0.1, 0.15) is 76.6 Å². The lowest BCUT2D eigenvalue weighted by Crippen LogP contribution is -2.12. The maximum Gasteiger partial charge on any atom is 0.305 e. The molecule has 0 radical (unpaired) electrons. The standard InChI is InChI=1S/C34H38N2O6S/c1-33(2,3)21-15-19(9-13-27(37)39-7)17-23-29(21)41-31(35-23)25-11-12-26(43-25)32-36-24-18-20(10-14-28(38)40-8)16-22(30(24)42-32)34(4,5)6/h11-12,15-18H,9-10,13-14H2,1-8H3. The number of carbonyl (C=O) groups excluding carboxylic acids is 2. The lowest BCUT2D eigenvalue weighted by Gasteiger charge is -2.20. The number of fused-ring (bicyclic) bond motifs is 2. The molecule has 0 spiro atoms. The van der Waals surface area contributed by atoms with E-state index in [0.29, 0.717) is 37.5 Å². The Kier molecular flexibility index (Phi) is 8.22. The highest BCUT2D eigenvalue weighted by molar-refractivity contribution is 7.18. The van der Waals surface area contributed by atoms with Gasteiger partial charge in [-0.05, 0) is 59.1 Å². The van der Waals surface area contributed by atoms with E-state index in [1.807, 2.05) is 24.3 Å². The summed E-state index contributed by atoms with van der Waals surface area (Å²) < 4.78 is 22.4. The fraction of sp³-hybridized carbons (Fsp3) is 0.412. The Labute approximate surface area is 255 Å². The van der Waals surface area contributed by atoms with Crippen LogP contribution in [-0.4, -0.2) is 36.1 Å². The van der Waals surface area contributed by atoms with Crippen LogP contribution in [0.4, 0.5) is 0 Å². The van der Waals surface area contributed by atoms with Gasteiger partial charge in [-0.3, -0.25) is 9.59 Å². The molecule has 43 heavy (non-hydrogen) atoms. The third-order valence-corrected chi connectivity index (χ3v) is 8.50. The number of hydrogen-bond donors (Lipinski definition) is 0. The van der Waals surface area contributed by atoms with Gasteiger partial charge in [0, 0.05) is 24.0 Å². The van der Waals surface area contributed by atoms with Crippen LogP contribution in [0.25, 0.3) is 43.7 Å². The monoisotopic (exact) mass is 602 g/mol. The van der Waals surface area contributed by atoms with Gasteiger partial charge in [-0.2, -0.15) is 0 Å². The number of oxazole rings is 2. The van der Waals surface area contributed by atoms with Crippen molar-refractivity contribution in [2.24, 2.45) is 0 Å². The first-order valence-corrected chi connectivity index (χ1v) is 15.2. The van der Waals surface area contributed by atoms with E-state index in [1.165, 1.54) is 25.6 Å². The Morgan fingerprint density at radius 2 is 1.09 bits per heavy atom. The minimum absolute atomic E-state index is 0.185. The van der Waals surface area contributed by atoms with Crippen molar-refractivity contribution in [3.8, 4) is 21.5 Å². The van der Waals surface area contributed by atoms with E-state index in [0.717, 1.165) is 54.2 Å². The first kappa shape index (κ1) is 30.5. The first-order valence-electron chi connectivity index (χ1n) is 14.4. The van der Waals surface area contributed by atoms with Crippen LogP contribution in [0.2, 0.25) is 0 Å². The van der Waals surface area contributed by atoms with Gasteiger partial charge in [0.25, 0.3) is 0 Å². The second kappa shape index (κ2) is 11.6. The van der Waals surface area contributed by atoms with Gasteiger partial charge in [0.05, 0.1) is 24.0 Å². The van der Waals surface area contributed by atoms with Gasteiger partial charge in [-0.25, -0.2) is 9.97 Å². The number of esters is 2. The molecule has 8 nitrogen and oxygen atoms in total. The third-order valence-electron chi connectivity index (χ3n) is 7.43. The molecule has 226 valence electrons. The highest BCUT2D eigenvalue weighted by atomic mass is 32.1. The summed E-state index contributed by atoms with van der Waals surface area (Å²) in [5.74, 6) is 0.572. The molecule has 3 aromatic heterocycles. The van der Waals surface area contributed by atoms with E-state index in [4.69, 9.17) is 28.3 Å². The number of thiophene rings is 1. The van der Waals surface area contributed by atoms with Crippen molar-refractivity contribution in [2.45, 2.75) is 78.1 Å². The molecule has 0 fully saturated rings. The number of aromatic nitrogens is 2. The Morgan fingerprint density at radius 3 is 1.44 bits per heavy atom. The third kappa shape index (κ3) is 6.51. The number of nitrogens with zero attached hydrogens (tertiary/aromatic N) is 2. The van der Waals surface area contributed by atoms with E-state index in [-0.39, 0.29) is 22.8 Å². The Morgan fingerprint density at radius 1 is 0.698 bits per heavy atom. The molecule has 0 atom stereocenters. The number of aryl methyl sites for hydroxylation is 2. The number of carbonyl (C=O) groups is 2. The van der Waals surface area contributed by atoms with Crippen LogP contribution >= 0.6 is 11.3 Å². The number of hydrogen-bond acceptors (Lipinski definition) is 9. The highest BCUT2D eigenvalue weighted by Crippen LogP contribution is 2.40. The molecule has 0 aliphatic heterocycles. The van der Waals surface area contributed by atoms with Gasteiger partial charge in [-0.1, -0.05) is 53.7 Å². The summed E-state index contributed by atoms with van der Waals surface area (Å²) in [5.41, 5.74) is 6.75. The fourth-order valence-corrected chi connectivity index (χ4v) is 5.92. The summed E-state index contributed by atoms with van der Waals surface area (Å²) in [5, 5.41) is 0. The first-order chi connectivity index (χ1) is 20.3.